The van der Waals surface area contributed by atoms with Gasteiger partial charge in [-0.1, -0.05) is 11.6 Å². The van der Waals surface area contributed by atoms with Crippen molar-refractivity contribution in [2.75, 3.05) is 24.6 Å². The standard InChI is InChI=1S/C26H26ClFN6O2/c1-15-16(2)30-25-24(20-7-6-18(27)10-21(20)28)31-23(14-33(25)26(15)35)32-8-9-36-22(13-32)17-11-29-34(12-17)19-4-3-5-19/h6-7,10-12,14,19,22H,3-5,8-9,13H2,1-2H3/t22-/m1/s1. The molecular formula is C26H26ClFN6O2. The minimum atomic E-state index is -0.523. The Hall–Kier alpha value is -3.30. The molecule has 0 unspecified atom stereocenters. The average molecular weight is 509 g/mol. The molecule has 36 heavy (non-hydrogen) atoms. The van der Waals surface area contributed by atoms with Crippen LogP contribution >= 0.6 is 11.6 Å². The third-order valence-corrected chi connectivity index (χ3v) is 7.52. The lowest BCUT2D eigenvalue weighted by Gasteiger charge is -2.33. The maximum absolute atomic E-state index is 15.0. The zero-order chi connectivity index (χ0) is 25.0. The molecule has 2 aliphatic rings. The SMILES string of the molecule is Cc1nc2c(-c3ccc(Cl)cc3F)nc(N3CCO[C@@H](c4cnn(C5CCC5)c4)C3)cn2c(=O)c1C. The number of nitrogens with zero attached hydrogens (tertiary/aromatic N) is 6. The van der Waals surface area contributed by atoms with Crippen molar-refractivity contribution >= 4 is 23.1 Å². The smallest absolute Gasteiger partial charge is 0.261 e. The molecule has 8 nitrogen and oxygen atoms in total. The second kappa shape index (κ2) is 8.97. The summed E-state index contributed by atoms with van der Waals surface area (Å²) in [4.78, 5) is 24.7. The van der Waals surface area contributed by atoms with Crippen molar-refractivity contribution in [3.63, 3.8) is 0 Å². The fourth-order valence-electron chi connectivity index (χ4n) is 4.77. The molecule has 186 valence electrons. The highest BCUT2D eigenvalue weighted by Crippen LogP contribution is 2.33. The molecule has 0 amide bonds. The summed E-state index contributed by atoms with van der Waals surface area (Å²) in [6, 6.07) is 4.89. The van der Waals surface area contributed by atoms with Gasteiger partial charge in [0.1, 0.15) is 23.4 Å². The van der Waals surface area contributed by atoms with Gasteiger partial charge in [0.25, 0.3) is 5.56 Å². The van der Waals surface area contributed by atoms with E-state index in [4.69, 9.17) is 21.3 Å². The van der Waals surface area contributed by atoms with Crippen LogP contribution in [0.25, 0.3) is 16.9 Å². The number of hydrogen-bond donors (Lipinski definition) is 0. The van der Waals surface area contributed by atoms with E-state index in [1.165, 1.54) is 16.9 Å². The summed E-state index contributed by atoms with van der Waals surface area (Å²) >= 11 is 6.00. The van der Waals surface area contributed by atoms with E-state index in [0.717, 1.165) is 18.4 Å². The number of aromatic nitrogens is 5. The summed E-state index contributed by atoms with van der Waals surface area (Å²) in [6.45, 7) is 5.11. The first-order chi connectivity index (χ1) is 17.4. The fraction of sp³-hybridized carbons (Fsp3) is 0.385. The molecule has 1 aliphatic heterocycles. The number of aryl methyl sites for hydroxylation is 1. The number of hydrogen-bond acceptors (Lipinski definition) is 6. The van der Waals surface area contributed by atoms with Crippen LogP contribution in [0.2, 0.25) is 5.02 Å². The molecule has 1 aliphatic carbocycles. The van der Waals surface area contributed by atoms with Gasteiger partial charge in [0, 0.05) is 40.1 Å². The van der Waals surface area contributed by atoms with Crippen LogP contribution in [0.4, 0.5) is 10.2 Å². The van der Waals surface area contributed by atoms with Crippen LogP contribution in [0.3, 0.4) is 0 Å². The Kier molecular flexibility index (Phi) is 5.76. The molecule has 6 rings (SSSR count). The van der Waals surface area contributed by atoms with E-state index in [-0.39, 0.29) is 22.2 Å². The van der Waals surface area contributed by atoms with Crippen LogP contribution in [-0.2, 0) is 4.74 Å². The largest absolute Gasteiger partial charge is 0.370 e. The highest BCUT2D eigenvalue weighted by atomic mass is 35.5. The maximum Gasteiger partial charge on any atom is 0.261 e. The number of benzene rings is 1. The first kappa shape index (κ1) is 23.1. The van der Waals surface area contributed by atoms with Gasteiger partial charge < -0.3 is 9.64 Å². The first-order valence-corrected chi connectivity index (χ1v) is 12.5. The van der Waals surface area contributed by atoms with Gasteiger partial charge in [0.2, 0.25) is 0 Å². The summed E-state index contributed by atoms with van der Waals surface area (Å²) in [5.41, 5.74) is 2.77. The van der Waals surface area contributed by atoms with Crippen LogP contribution in [0.15, 0.2) is 41.6 Å². The van der Waals surface area contributed by atoms with Crippen molar-refractivity contribution in [1.29, 1.82) is 0 Å². The van der Waals surface area contributed by atoms with Gasteiger partial charge in [-0.3, -0.25) is 13.9 Å². The zero-order valence-electron chi connectivity index (χ0n) is 20.1. The van der Waals surface area contributed by atoms with E-state index < -0.39 is 5.82 Å². The monoisotopic (exact) mass is 508 g/mol. The van der Waals surface area contributed by atoms with Gasteiger partial charge >= 0.3 is 0 Å². The lowest BCUT2D eigenvalue weighted by molar-refractivity contribution is 0.0394. The van der Waals surface area contributed by atoms with E-state index in [1.54, 1.807) is 32.2 Å². The molecule has 3 aromatic heterocycles. The molecule has 1 aromatic carbocycles. The van der Waals surface area contributed by atoms with Crippen LogP contribution in [-0.4, -0.2) is 43.8 Å². The Bertz CT molecular complexity index is 1530. The van der Waals surface area contributed by atoms with E-state index in [9.17, 15) is 4.79 Å². The minimum Gasteiger partial charge on any atom is -0.370 e. The molecular weight excluding hydrogens is 483 g/mol. The van der Waals surface area contributed by atoms with Crippen LogP contribution in [0, 0.1) is 19.7 Å². The second-order valence-electron chi connectivity index (χ2n) is 9.54. The quantitative estimate of drug-likeness (QED) is 0.399. The molecule has 2 fully saturated rings. The van der Waals surface area contributed by atoms with Crippen LogP contribution < -0.4 is 10.5 Å². The zero-order valence-corrected chi connectivity index (χ0v) is 20.9. The van der Waals surface area contributed by atoms with Crippen LogP contribution in [0.5, 0.6) is 0 Å². The molecule has 10 heteroatoms. The Morgan fingerprint density at radius 2 is 2.00 bits per heavy atom. The lowest BCUT2D eigenvalue weighted by Crippen LogP contribution is -2.39. The third kappa shape index (κ3) is 3.96. The molecule has 0 N–H and O–H groups in total. The summed E-state index contributed by atoms with van der Waals surface area (Å²) in [5.74, 6) is 0.0310. The number of fused-ring (bicyclic) bond motifs is 1. The molecule has 0 bridgehead atoms. The Balaban J connectivity index is 1.43. The summed E-state index contributed by atoms with van der Waals surface area (Å²) in [5, 5.41) is 4.83. The highest BCUT2D eigenvalue weighted by molar-refractivity contribution is 6.30. The van der Waals surface area contributed by atoms with Crippen molar-refractivity contribution in [3.8, 4) is 11.3 Å². The molecule has 1 saturated heterocycles. The Morgan fingerprint density at radius 3 is 2.75 bits per heavy atom. The molecule has 4 aromatic rings. The van der Waals surface area contributed by atoms with Crippen molar-refractivity contribution in [3.05, 3.63) is 74.8 Å². The first-order valence-electron chi connectivity index (χ1n) is 12.2. The lowest BCUT2D eigenvalue weighted by atomic mass is 9.93. The van der Waals surface area contributed by atoms with Gasteiger partial charge in [-0.2, -0.15) is 5.10 Å². The van der Waals surface area contributed by atoms with E-state index >= 15 is 4.39 Å². The Morgan fingerprint density at radius 1 is 1.17 bits per heavy atom. The van der Waals surface area contributed by atoms with E-state index in [1.807, 2.05) is 10.9 Å². The van der Waals surface area contributed by atoms with Gasteiger partial charge in [0.15, 0.2) is 5.65 Å². The molecule has 0 spiro atoms. The van der Waals surface area contributed by atoms with Crippen LogP contribution in [0.1, 0.15) is 48.2 Å². The summed E-state index contributed by atoms with van der Waals surface area (Å²) < 4.78 is 24.6. The van der Waals surface area contributed by atoms with Gasteiger partial charge in [0.05, 0.1) is 31.6 Å². The normalized spacial score (nSPS) is 18.6. The van der Waals surface area contributed by atoms with Crippen molar-refractivity contribution in [2.24, 2.45) is 0 Å². The third-order valence-electron chi connectivity index (χ3n) is 7.29. The molecule has 0 radical (unpaired) electrons. The average Bonchev–Trinajstić information content (AvgIpc) is 3.31. The Labute approximate surface area is 212 Å². The molecule has 4 heterocycles. The number of morpholine rings is 1. The molecule has 1 atom stereocenters. The topological polar surface area (TPSA) is 77.6 Å². The maximum atomic E-state index is 15.0. The fourth-order valence-corrected chi connectivity index (χ4v) is 4.93. The highest BCUT2D eigenvalue weighted by Gasteiger charge is 2.28. The predicted octanol–water partition coefficient (Wildman–Crippen LogP) is 4.67. The molecule has 1 saturated carbocycles. The second-order valence-corrected chi connectivity index (χ2v) is 9.97. The number of anilines is 1. The summed E-state index contributed by atoms with van der Waals surface area (Å²) in [6.07, 6.45) is 9.00. The number of halogens is 2. The summed E-state index contributed by atoms with van der Waals surface area (Å²) in [7, 11) is 0. The van der Waals surface area contributed by atoms with Crippen molar-refractivity contribution in [2.45, 2.75) is 45.3 Å². The van der Waals surface area contributed by atoms with E-state index in [2.05, 4.69) is 21.2 Å². The van der Waals surface area contributed by atoms with E-state index in [0.29, 0.717) is 54.2 Å². The minimum absolute atomic E-state index is 0.185. The van der Waals surface area contributed by atoms with Crippen molar-refractivity contribution in [1.82, 2.24) is 24.1 Å². The number of rotatable bonds is 4. The van der Waals surface area contributed by atoms with Gasteiger partial charge in [-0.25, -0.2) is 14.4 Å². The van der Waals surface area contributed by atoms with Gasteiger partial charge in [-0.15, -0.1) is 0 Å². The number of ether oxygens (including phenoxy) is 1. The van der Waals surface area contributed by atoms with Crippen molar-refractivity contribution < 1.29 is 9.13 Å². The predicted molar refractivity (Wildman–Crippen MR) is 135 cm³/mol. The van der Waals surface area contributed by atoms with Gasteiger partial charge in [-0.05, 0) is 51.3 Å².